The van der Waals surface area contributed by atoms with Gasteiger partial charge in [-0.25, -0.2) is 4.39 Å². The second kappa shape index (κ2) is 6.52. The zero-order valence-corrected chi connectivity index (χ0v) is 12.5. The van der Waals surface area contributed by atoms with Gasteiger partial charge >= 0.3 is 0 Å². The number of hydrogen-bond donors (Lipinski definition) is 2. The number of amides is 1. The van der Waals surface area contributed by atoms with Crippen LogP contribution in [-0.4, -0.2) is 12.5 Å². The van der Waals surface area contributed by atoms with E-state index in [2.05, 4.69) is 26.6 Å². The molecule has 2 aromatic rings. The van der Waals surface area contributed by atoms with Crippen LogP contribution >= 0.6 is 15.9 Å². The molecule has 20 heavy (non-hydrogen) atoms. The Morgan fingerprint density at radius 1 is 1.20 bits per heavy atom. The van der Waals surface area contributed by atoms with Crippen molar-refractivity contribution in [1.29, 1.82) is 0 Å². The van der Waals surface area contributed by atoms with Crippen LogP contribution in [0.15, 0.2) is 46.9 Å². The molecule has 2 aromatic carbocycles. The summed E-state index contributed by atoms with van der Waals surface area (Å²) in [5.41, 5.74) is 2.39. The van der Waals surface area contributed by atoms with Gasteiger partial charge in [-0.3, -0.25) is 4.79 Å². The first-order valence-electron chi connectivity index (χ1n) is 6.10. The van der Waals surface area contributed by atoms with Crippen LogP contribution in [0.4, 0.5) is 15.8 Å². The van der Waals surface area contributed by atoms with Gasteiger partial charge in [0.05, 0.1) is 6.54 Å². The predicted octanol–water partition coefficient (Wildman–Crippen LogP) is 3.95. The van der Waals surface area contributed by atoms with Gasteiger partial charge in [-0.1, -0.05) is 22.0 Å². The highest BCUT2D eigenvalue weighted by Crippen LogP contribution is 2.19. The Balaban J connectivity index is 1.90. The first-order valence-corrected chi connectivity index (χ1v) is 6.89. The van der Waals surface area contributed by atoms with Gasteiger partial charge in [-0.2, -0.15) is 0 Å². The van der Waals surface area contributed by atoms with Crippen molar-refractivity contribution in [2.45, 2.75) is 6.92 Å². The van der Waals surface area contributed by atoms with Crippen LogP contribution in [0.2, 0.25) is 0 Å². The molecule has 0 heterocycles. The van der Waals surface area contributed by atoms with E-state index in [1.165, 1.54) is 12.1 Å². The third-order valence-electron chi connectivity index (χ3n) is 2.72. The molecule has 0 spiro atoms. The van der Waals surface area contributed by atoms with Crippen LogP contribution in [0, 0.1) is 12.7 Å². The van der Waals surface area contributed by atoms with Crippen LogP contribution < -0.4 is 10.6 Å². The van der Waals surface area contributed by atoms with E-state index < -0.39 is 0 Å². The number of rotatable bonds is 4. The highest BCUT2D eigenvalue weighted by molar-refractivity contribution is 9.10. The van der Waals surface area contributed by atoms with E-state index in [1.807, 2.05) is 25.1 Å². The van der Waals surface area contributed by atoms with Gasteiger partial charge in [0.15, 0.2) is 0 Å². The molecular weight excluding hydrogens is 323 g/mol. The second-order valence-corrected chi connectivity index (χ2v) is 5.23. The predicted molar refractivity (Wildman–Crippen MR) is 82.4 cm³/mol. The molecule has 0 aliphatic heterocycles. The van der Waals surface area contributed by atoms with E-state index in [9.17, 15) is 9.18 Å². The van der Waals surface area contributed by atoms with Crippen LogP contribution in [-0.2, 0) is 4.79 Å². The lowest BCUT2D eigenvalue weighted by Gasteiger charge is -2.09. The molecule has 0 bridgehead atoms. The Morgan fingerprint density at radius 3 is 2.70 bits per heavy atom. The van der Waals surface area contributed by atoms with Gasteiger partial charge < -0.3 is 10.6 Å². The topological polar surface area (TPSA) is 41.1 Å². The minimum Gasteiger partial charge on any atom is -0.376 e. The summed E-state index contributed by atoms with van der Waals surface area (Å²) in [5.74, 6) is -0.601. The number of benzene rings is 2. The highest BCUT2D eigenvalue weighted by atomic mass is 79.9. The lowest BCUT2D eigenvalue weighted by molar-refractivity contribution is -0.114. The molecule has 0 aromatic heterocycles. The van der Waals surface area contributed by atoms with Gasteiger partial charge in [0.25, 0.3) is 0 Å². The summed E-state index contributed by atoms with van der Waals surface area (Å²) in [6.45, 7) is 2.10. The van der Waals surface area contributed by atoms with Crippen molar-refractivity contribution in [1.82, 2.24) is 0 Å². The van der Waals surface area contributed by atoms with Crippen molar-refractivity contribution in [2.75, 3.05) is 17.2 Å². The summed E-state index contributed by atoms with van der Waals surface area (Å²) in [6.07, 6.45) is 0. The van der Waals surface area contributed by atoms with Crippen molar-refractivity contribution >= 4 is 33.2 Å². The zero-order valence-electron chi connectivity index (χ0n) is 10.9. The maximum Gasteiger partial charge on any atom is 0.243 e. The summed E-state index contributed by atoms with van der Waals surface area (Å²) >= 11 is 3.42. The quantitative estimate of drug-likeness (QED) is 0.887. The van der Waals surface area contributed by atoms with E-state index in [-0.39, 0.29) is 18.3 Å². The Bertz CT molecular complexity index is 631. The minimum absolute atomic E-state index is 0.123. The maximum absolute atomic E-state index is 13.0. The monoisotopic (exact) mass is 336 g/mol. The molecule has 0 saturated carbocycles. The standard InChI is InChI=1S/C15H14BrFN2O/c1-10-7-12(5-6-14(10)16)18-9-15(20)19-13-4-2-3-11(17)8-13/h2-8,18H,9H2,1H3,(H,19,20). The average molecular weight is 337 g/mol. The molecule has 0 atom stereocenters. The number of anilines is 2. The summed E-state index contributed by atoms with van der Waals surface area (Å²) in [5, 5.41) is 5.65. The average Bonchev–Trinajstić information content (AvgIpc) is 2.40. The fourth-order valence-electron chi connectivity index (χ4n) is 1.71. The lowest BCUT2D eigenvalue weighted by atomic mass is 10.2. The van der Waals surface area contributed by atoms with E-state index in [0.717, 1.165) is 15.7 Å². The van der Waals surface area contributed by atoms with Gasteiger partial charge in [0.1, 0.15) is 5.82 Å². The molecule has 3 nitrogen and oxygen atoms in total. The largest absolute Gasteiger partial charge is 0.376 e. The number of carbonyl (C=O) groups excluding carboxylic acids is 1. The maximum atomic E-state index is 13.0. The Kier molecular flexibility index (Phi) is 4.74. The van der Waals surface area contributed by atoms with Crippen LogP contribution in [0.1, 0.15) is 5.56 Å². The normalized spacial score (nSPS) is 10.2. The third kappa shape index (κ3) is 4.06. The van der Waals surface area contributed by atoms with Crippen LogP contribution in [0.3, 0.4) is 0 Å². The fourth-order valence-corrected chi connectivity index (χ4v) is 1.96. The molecule has 0 saturated heterocycles. The molecule has 0 aliphatic carbocycles. The molecule has 0 fully saturated rings. The van der Waals surface area contributed by atoms with E-state index >= 15 is 0 Å². The van der Waals surface area contributed by atoms with Crippen molar-refractivity contribution < 1.29 is 9.18 Å². The third-order valence-corrected chi connectivity index (χ3v) is 3.61. The molecule has 2 N–H and O–H groups in total. The van der Waals surface area contributed by atoms with Crippen LogP contribution in [0.5, 0.6) is 0 Å². The van der Waals surface area contributed by atoms with Crippen molar-refractivity contribution in [2.24, 2.45) is 0 Å². The Labute approximate surface area is 125 Å². The Hall–Kier alpha value is -1.88. The van der Waals surface area contributed by atoms with Gasteiger partial charge in [0, 0.05) is 15.8 Å². The van der Waals surface area contributed by atoms with Crippen molar-refractivity contribution in [3.05, 3.63) is 58.3 Å². The number of carbonyl (C=O) groups is 1. The molecule has 2 rings (SSSR count). The minimum atomic E-state index is -0.376. The summed E-state index contributed by atoms with van der Waals surface area (Å²) in [6, 6.07) is 11.6. The van der Waals surface area contributed by atoms with Crippen molar-refractivity contribution in [3.8, 4) is 0 Å². The molecule has 0 aliphatic rings. The van der Waals surface area contributed by atoms with Gasteiger partial charge in [0.2, 0.25) is 5.91 Å². The van der Waals surface area contributed by atoms with E-state index in [1.54, 1.807) is 12.1 Å². The van der Waals surface area contributed by atoms with E-state index in [4.69, 9.17) is 0 Å². The number of aryl methyl sites for hydroxylation is 1. The number of hydrogen-bond acceptors (Lipinski definition) is 2. The first-order chi connectivity index (χ1) is 9.54. The Morgan fingerprint density at radius 2 is 2.00 bits per heavy atom. The molecule has 104 valence electrons. The van der Waals surface area contributed by atoms with Crippen LogP contribution in [0.25, 0.3) is 0 Å². The SMILES string of the molecule is Cc1cc(NCC(=O)Nc2cccc(F)c2)ccc1Br. The molecule has 5 heteroatoms. The fraction of sp³-hybridized carbons (Fsp3) is 0.133. The summed E-state index contributed by atoms with van der Waals surface area (Å²) in [7, 11) is 0. The van der Waals surface area contributed by atoms with E-state index in [0.29, 0.717) is 5.69 Å². The molecule has 0 radical (unpaired) electrons. The van der Waals surface area contributed by atoms with Gasteiger partial charge in [-0.05, 0) is 48.9 Å². The number of nitrogens with one attached hydrogen (secondary N) is 2. The molecular formula is C15H14BrFN2O. The van der Waals surface area contributed by atoms with Crippen molar-refractivity contribution in [3.63, 3.8) is 0 Å². The summed E-state index contributed by atoms with van der Waals surface area (Å²) < 4.78 is 14.0. The van der Waals surface area contributed by atoms with Gasteiger partial charge in [-0.15, -0.1) is 0 Å². The first kappa shape index (κ1) is 14.5. The lowest BCUT2D eigenvalue weighted by Crippen LogP contribution is -2.21. The highest BCUT2D eigenvalue weighted by Gasteiger charge is 2.04. The summed E-state index contributed by atoms with van der Waals surface area (Å²) in [4.78, 5) is 11.7. The molecule has 1 amide bonds. The number of halogens is 2. The molecule has 0 unspecified atom stereocenters. The second-order valence-electron chi connectivity index (χ2n) is 4.38. The smallest absolute Gasteiger partial charge is 0.243 e. The zero-order chi connectivity index (χ0) is 14.5.